The van der Waals surface area contributed by atoms with Crippen LogP contribution in [0.2, 0.25) is 0 Å². The predicted molar refractivity (Wildman–Crippen MR) is 81.7 cm³/mol. The van der Waals surface area contributed by atoms with E-state index >= 15 is 0 Å². The first-order valence-electron chi connectivity index (χ1n) is 6.48. The summed E-state index contributed by atoms with van der Waals surface area (Å²) in [6.07, 6.45) is 0. The molecule has 0 unspecified atom stereocenters. The predicted octanol–water partition coefficient (Wildman–Crippen LogP) is 2.80. The lowest BCUT2D eigenvalue weighted by atomic mass is 10.1. The maximum absolute atomic E-state index is 5.82. The summed E-state index contributed by atoms with van der Waals surface area (Å²) in [5.41, 5.74) is 7.50. The third-order valence-corrected chi connectivity index (χ3v) is 3.03. The monoisotopic (exact) mass is 278 g/mol. The smallest absolute Gasteiger partial charge is 0.224 e. The molecule has 0 aliphatic rings. The number of hydrogen-bond acceptors (Lipinski definition) is 5. The van der Waals surface area contributed by atoms with E-state index in [1.54, 1.807) is 7.11 Å². The zero-order valence-corrected chi connectivity index (χ0v) is 11.5. The fourth-order valence-electron chi connectivity index (χ4n) is 2.06. The minimum absolute atomic E-state index is 0.185. The van der Waals surface area contributed by atoms with Crippen molar-refractivity contribution in [2.45, 2.75) is 0 Å². The van der Waals surface area contributed by atoms with Gasteiger partial charge in [0.2, 0.25) is 5.95 Å². The molecule has 0 bridgehead atoms. The van der Waals surface area contributed by atoms with Crippen LogP contribution in [0.15, 0.2) is 54.6 Å². The van der Waals surface area contributed by atoms with Crippen LogP contribution in [0.4, 0.5) is 5.95 Å². The largest absolute Gasteiger partial charge is 0.496 e. The molecule has 0 fully saturated rings. The molecule has 0 saturated carbocycles. The van der Waals surface area contributed by atoms with Crippen molar-refractivity contribution in [1.29, 1.82) is 0 Å². The molecule has 0 aliphatic carbocycles. The fraction of sp³-hybridized carbons (Fsp3) is 0.0625. The maximum Gasteiger partial charge on any atom is 0.224 e. The number of anilines is 1. The zero-order valence-electron chi connectivity index (χ0n) is 11.5. The molecule has 104 valence electrons. The van der Waals surface area contributed by atoms with Gasteiger partial charge in [0.15, 0.2) is 11.6 Å². The summed E-state index contributed by atoms with van der Waals surface area (Å²) >= 11 is 0. The van der Waals surface area contributed by atoms with E-state index in [1.807, 2.05) is 54.6 Å². The van der Waals surface area contributed by atoms with Gasteiger partial charge in [0, 0.05) is 5.56 Å². The van der Waals surface area contributed by atoms with Gasteiger partial charge in [-0.3, -0.25) is 0 Å². The Morgan fingerprint density at radius 2 is 1.48 bits per heavy atom. The van der Waals surface area contributed by atoms with Crippen LogP contribution in [0.25, 0.3) is 22.8 Å². The van der Waals surface area contributed by atoms with Crippen LogP contribution in [0.3, 0.4) is 0 Å². The molecule has 3 aromatic rings. The summed E-state index contributed by atoms with van der Waals surface area (Å²) < 4.78 is 5.34. The summed E-state index contributed by atoms with van der Waals surface area (Å²) in [4.78, 5) is 12.9. The van der Waals surface area contributed by atoms with Crippen LogP contribution in [0, 0.1) is 0 Å². The van der Waals surface area contributed by atoms with E-state index in [-0.39, 0.29) is 5.95 Å². The first kappa shape index (κ1) is 13.1. The van der Waals surface area contributed by atoms with Crippen LogP contribution in [0.1, 0.15) is 0 Å². The van der Waals surface area contributed by atoms with Crippen molar-refractivity contribution in [3.63, 3.8) is 0 Å². The normalized spacial score (nSPS) is 10.3. The topological polar surface area (TPSA) is 73.9 Å². The molecular weight excluding hydrogens is 264 g/mol. The molecule has 2 aromatic carbocycles. The molecule has 0 aliphatic heterocycles. The van der Waals surface area contributed by atoms with Gasteiger partial charge in [-0.25, -0.2) is 4.98 Å². The summed E-state index contributed by atoms with van der Waals surface area (Å²) in [5, 5.41) is 0. The molecule has 1 heterocycles. The SMILES string of the molecule is COc1ccccc1-c1nc(N)nc(-c2ccccc2)n1. The molecule has 3 rings (SSSR count). The Hall–Kier alpha value is -2.95. The van der Waals surface area contributed by atoms with Gasteiger partial charge >= 0.3 is 0 Å². The first-order chi connectivity index (χ1) is 10.3. The molecule has 2 N–H and O–H groups in total. The van der Waals surface area contributed by atoms with Crippen molar-refractivity contribution in [2.75, 3.05) is 12.8 Å². The Kier molecular flexibility index (Phi) is 3.47. The number of nitrogens with zero attached hydrogens (tertiary/aromatic N) is 3. The summed E-state index contributed by atoms with van der Waals surface area (Å²) in [7, 11) is 1.61. The third-order valence-electron chi connectivity index (χ3n) is 3.03. The van der Waals surface area contributed by atoms with E-state index in [2.05, 4.69) is 15.0 Å². The van der Waals surface area contributed by atoms with E-state index in [4.69, 9.17) is 10.5 Å². The quantitative estimate of drug-likeness (QED) is 0.797. The van der Waals surface area contributed by atoms with Crippen molar-refractivity contribution in [3.8, 4) is 28.5 Å². The molecular formula is C16H14N4O. The first-order valence-corrected chi connectivity index (χ1v) is 6.48. The average Bonchev–Trinajstić information content (AvgIpc) is 2.55. The van der Waals surface area contributed by atoms with Gasteiger partial charge < -0.3 is 10.5 Å². The van der Waals surface area contributed by atoms with E-state index < -0.39 is 0 Å². The average molecular weight is 278 g/mol. The second-order valence-corrected chi connectivity index (χ2v) is 4.41. The maximum atomic E-state index is 5.82. The zero-order chi connectivity index (χ0) is 14.7. The molecule has 5 nitrogen and oxygen atoms in total. The van der Waals surface area contributed by atoms with Crippen molar-refractivity contribution in [2.24, 2.45) is 0 Å². The van der Waals surface area contributed by atoms with Crippen LogP contribution in [-0.2, 0) is 0 Å². The molecule has 21 heavy (non-hydrogen) atoms. The fourth-order valence-corrected chi connectivity index (χ4v) is 2.06. The number of ether oxygens (including phenoxy) is 1. The summed E-state index contributed by atoms with van der Waals surface area (Å²) in [6, 6.07) is 17.2. The van der Waals surface area contributed by atoms with Gasteiger partial charge in [-0.15, -0.1) is 0 Å². The van der Waals surface area contributed by atoms with Gasteiger partial charge in [0.05, 0.1) is 12.7 Å². The van der Waals surface area contributed by atoms with E-state index in [9.17, 15) is 0 Å². The summed E-state index contributed by atoms with van der Waals surface area (Å²) in [6.45, 7) is 0. The van der Waals surface area contributed by atoms with Gasteiger partial charge in [0.25, 0.3) is 0 Å². The number of hydrogen-bond donors (Lipinski definition) is 1. The van der Waals surface area contributed by atoms with Gasteiger partial charge in [-0.05, 0) is 12.1 Å². The van der Waals surface area contributed by atoms with Crippen molar-refractivity contribution < 1.29 is 4.74 Å². The van der Waals surface area contributed by atoms with E-state index in [0.29, 0.717) is 17.4 Å². The lowest BCUT2D eigenvalue weighted by Gasteiger charge is -2.08. The Morgan fingerprint density at radius 3 is 2.24 bits per heavy atom. The van der Waals surface area contributed by atoms with E-state index in [0.717, 1.165) is 11.1 Å². The number of methoxy groups -OCH3 is 1. The van der Waals surface area contributed by atoms with Crippen molar-refractivity contribution in [3.05, 3.63) is 54.6 Å². The van der Waals surface area contributed by atoms with Crippen LogP contribution < -0.4 is 10.5 Å². The van der Waals surface area contributed by atoms with Gasteiger partial charge in [-0.1, -0.05) is 42.5 Å². The minimum Gasteiger partial charge on any atom is -0.496 e. The molecule has 5 heteroatoms. The number of nitrogens with two attached hydrogens (primary N) is 1. The van der Waals surface area contributed by atoms with Crippen LogP contribution in [0.5, 0.6) is 5.75 Å². The molecule has 0 amide bonds. The molecule has 0 atom stereocenters. The highest BCUT2D eigenvalue weighted by Crippen LogP contribution is 2.28. The Labute approximate surface area is 122 Å². The molecule has 0 spiro atoms. The molecule has 0 radical (unpaired) electrons. The minimum atomic E-state index is 0.185. The highest BCUT2D eigenvalue weighted by atomic mass is 16.5. The Morgan fingerprint density at radius 1 is 0.810 bits per heavy atom. The number of benzene rings is 2. The number of rotatable bonds is 3. The second-order valence-electron chi connectivity index (χ2n) is 4.41. The highest BCUT2D eigenvalue weighted by Gasteiger charge is 2.12. The molecule has 1 aromatic heterocycles. The van der Waals surface area contributed by atoms with Gasteiger partial charge in [-0.2, -0.15) is 9.97 Å². The second kappa shape index (κ2) is 5.58. The van der Waals surface area contributed by atoms with E-state index in [1.165, 1.54) is 0 Å². The Balaban J connectivity index is 2.14. The summed E-state index contributed by atoms with van der Waals surface area (Å²) in [5.74, 6) is 1.93. The van der Waals surface area contributed by atoms with Crippen LogP contribution >= 0.6 is 0 Å². The molecule has 0 saturated heterocycles. The number of nitrogen functional groups attached to an aromatic ring is 1. The number of para-hydroxylation sites is 1. The number of aromatic nitrogens is 3. The standard InChI is InChI=1S/C16H14N4O/c1-21-13-10-6-5-9-12(13)15-18-14(19-16(17)20-15)11-7-3-2-4-8-11/h2-10H,1H3,(H2,17,18,19,20). The Bertz CT molecular complexity index is 759. The highest BCUT2D eigenvalue weighted by molar-refractivity contribution is 5.67. The lowest BCUT2D eigenvalue weighted by molar-refractivity contribution is 0.416. The van der Waals surface area contributed by atoms with Gasteiger partial charge in [0.1, 0.15) is 5.75 Å². The third kappa shape index (κ3) is 2.67. The lowest BCUT2D eigenvalue weighted by Crippen LogP contribution is -2.03. The van der Waals surface area contributed by atoms with Crippen LogP contribution in [-0.4, -0.2) is 22.1 Å². The van der Waals surface area contributed by atoms with Crippen molar-refractivity contribution in [1.82, 2.24) is 15.0 Å². The van der Waals surface area contributed by atoms with Crippen molar-refractivity contribution >= 4 is 5.95 Å².